The van der Waals surface area contributed by atoms with E-state index in [0.29, 0.717) is 36.2 Å². The van der Waals surface area contributed by atoms with Gasteiger partial charge in [0.1, 0.15) is 5.82 Å². The van der Waals surface area contributed by atoms with E-state index in [1.54, 1.807) is 6.07 Å². The van der Waals surface area contributed by atoms with Crippen molar-refractivity contribution in [2.24, 2.45) is 0 Å². The molecule has 0 fully saturated rings. The van der Waals surface area contributed by atoms with Gasteiger partial charge < -0.3 is 20.5 Å². The van der Waals surface area contributed by atoms with Crippen LogP contribution < -0.4 is 10.6 Å². The molecule has 0 saturated heterocycles. The number of aryl methyl sites for hydroxylation is 1. The van der Waals surface area contributed by atoms with Gasteiger partial charge in [0.25, 0.3) is 5.91 Å². The third-order valence-electron chi connectivity index (χ3n) is 6.64. The van der Waals surface area contributed by atoms with Crippen molar-refractivity contribution in [3.05, 3.63) is 52.1 Å². The summed E-state index contributed by atoms with van der Waals surface area (Å²) < 4.78 is 14.0. The average Bonchev–Trinajstić information content (AvgIpc) is 3.18. The smallest absolute Gasteiger partial charge is 0.253 e. The number of amides is 2. The first-order valence-corrected chi connectivity index (χ1v) is 11.1. The molecule has 1 aliphatic heterocycles. The molecule has 1 atom stereocenters. The van der Waals surface area contributed by atoms with Crippen LogP contribution in [0.4, 0.5) is 10.1 Å². The first-order valence-electron chi connectivity index (χ1n) is 11.1. The Morgan fingerprint density at radius 2 is 1.90 bits per heavy atom. The zero-order chi connectivity index (χ0) is 22.8. The number of benzene rings is 1. The van der Waals surface area contributed by atoms with E-state index >= 15 is 0 Å². The van der Waals surface area contributed by atoms with Crippen LogP contribution in [0.2, 0.25) is 0 Å². The number of hydrogen-bond donors (Lipinski definition) is 3. The first kappa shape index (κ1) is 23.0. The summed E-state index contributed by atoms with van der Waals surface area (Å²) in [6.07, 6.45) is 0.906. The van der Waals surface area contributed by atoms with E-state index in [4.69, 9.17) is 0 Å². The number of hydrogen-bond acceptors (Lipinski definition) is 3. The molecule has 0 saturated carbocycles. The highest BCUT2D eigenvalue weighted by Gasteiger charge is 2.46. The second-order valence-electron chi connectivity index (χ2n) is 8.27. The van der Waals surface area contributed by atoms with E-state index in [1.807, 2.05) is 20.8 Å². The standard InChI is InChI=1S/C24H33FN4O2/c1-6-24(18-13-17(25)9-10-19(18)28-23(24)31)14-20-15(4)21(16(5)27-20)22(30)26-11-12-29(7-2)8-3/h9-10,13,27H,6-8,11-12,14H2,1-5H3,(H,26,30)(H,28,31). The van der Waals surface area contributed by atoms with Crippen molar-refractivity contribution in [3.8, 4) is 0 Å². The summed E-state index contributed by atoms with van der Waals surface area (Å²) in [5.41, 5.74) is 3.54. The van der Waals surface area contributed by atoms with Crippen molar-refractivity contribution < 1.29 is 14.0 Å². The lowest BCUT2D eigenvalue weighted by Crippen LogP contribution is -2.36. The molecule has 2 amide bonds. The van der Waals surface area contributed by atoms with Crippen LogP contribution in [0.1, 0.15) is 60.1 Å². The number of likely N-dealkylation sites (N-methyl/N-ethyl adjacent to an activating group) is 1. The molecule has 31 heavy (non-hydrogen) atoms. The Morgan fingerprint density at radius 3 is 2.55 bits per heavy atom. The van der Waals surface area contributed by atoms with Gasteiger partial charge in [-0.2, -0.15) is 0 Å². The molecule has 1 unspecified atom stereocenters. The fourth-order valence-corrected chi connectivity index (χ4v) is 4.63. The van der Waals surface area contributed by atoms with Crippen LogP contribution in [0, 0.1) is 19.7 Å². The van der Waals surface area contributed by atoms with E-state index in [-0.39, 0.29) is 17.6 Å². The number of fused-ring (bicyclic) bond motifs is 1. The monoisotopic (exact) mass is 428 g/mol. The summed E-state index contributed by atoms with van der Waals surface area (Å²) >= 11 is 0. The van der Waals surface area contributed by atoms with Crippen LogP contribution in [-0.2, 0) is 16.6 Å². The summed E-state index contributed by atoms with van der Waals surface area (Å²) in [5.74, 6) is -0.606. The minimum absolute atomic E-state index is 0.113. The number of H-pyrrole nitrogens is 1. The van der Waals surface area contributed by atoms with Crippen molar-refractivity contribution in [2.45, 2.75) is 52.9 Å². The molecule has 0 spiro atoms. The zero-order valence-corrected chi connectivity index (χ0v) is 19.1. The number of anilines is 1. The number of nitrogens with zero attached hydrogens (tertiary/aromatic N) is 1. The van der Waals surface area contributed by atoms with Gasteiger partial charge in [0.05, 0.1) is 11.0 Å². The van der Waals surface area contributed by atoms with Crippen LogP contribution in [-0.4, -0.2) is 47.9 Å². The number of aromatic nitrogens is 1. The molecule has 3 rings (SSSR count). The normalized spacial score (nSPS) is 17.7. The molecule has 0 radical (unpaired) electrons. The molecule has 168 valence electrons. The molecular formula is C24H33FN4O2. The molecule has 1 aliphatic rings. The van der Waals surface area contributed by atoms with Gasteiger partial charge in [0.2, 0.25) is 5.91 Å². The van der Waals surface area contributed by atoms with Crippen LogP contribution in [0.5, 0.6) is 0 Å². The minimum atomic E-state index is -0.865. The molecule has 2 heterocycles. The van der Waals surface area contributed by atoms with Gasteiger partial charge in [0.15, 0.2) is 0 Å². The number of nitrogens with one attached hydrogen (secondary N) is 3. The molecule has 2 aromatic rings. The largest absolute Gasteiger partial charge is 0.362 e. The van der Waals surface area contributed by atoms with Crippen LogP contribution >= 0.6 is 0 Å². The number of carbonyl (C=O) groups is 2. The highest BCUT2D eigenvalue weighted by Crippen LogP contribution is 2.43. The lowest BCUT2D eigenvalue weighted by molar-refractivity contribution is -0.121. The van der Waals surface area contributed by atoms with Gasteiger partial charge >= 0.3 is 0 Å². The van der Waals surface area contributed by atoms with Gasteiger partial charge in [-0.3, -0.25) is 9.59 Å². The maximum Gasteiger partial charge on any atom is 0.253 e. The van der Waals surface area contributed by atoms with E-state index in [2.05, 4.69) is 34.4 Å². The van der Waals surface area contributed by atoms with Crippen LogP contribution in [0.25, 0.3) is 0 Å². The third kappa shape index (κ3) is 4.24. The van der Waals surface area contributed by atoms with E-state index < -0.39 is 5.41 Å². The molecule has 7 heteroatoms. The summed E-state index contributed by atoms with van der Waals surface area (Å²) in [7, 11) is 0. The summed E-state index contributed by atoms with van der Waals surface area (Å²) in [4.78, 5) is 31.4. The molecule has 3 N–H and O–H groups in total. The predicted octanol–water partition coefficient (Wildman–Crippen LogP) is 3.68. The van der Waals surface area contributed by atoms with Crippen molar-refractivity contribution in [1.29, 1.82) is 0 Å². The fourth-order valence-electron chi connectivity index (χ4n) is 4.63. The maximum absolute atomic E-state index is 14.0. The Bertz CT molecular complexity index is 980. The minimum Gasteiger partial charge on any atom is -0.362 e. The highest BCUT2D eigenvalue weighted by molar-refractivity contribution is 6.06. The van der Waals surface area contributed by atoms with Gasteiger partial charge in [-0.1, -0.05) is 20.8 Å². The lowest BCUT2D eigenvalue weighted by atomic mass is 9.75. The SMILES string of the molecule is CCN(CC)CCNC(=O)c1c(C)[nH]c(CC2(CC)C(=O)Nc3ccc(F)cc32)c1C. The third-order valence-corrected chi connectivity index (χ3v) is 6.64. The quantitative estimate of drug-likeness (QED) is 0.570. The molecule has 1 aromatic heterocycles. The van der Waals surface area contributed by atoms with Crippen molar-refractivity contribution in [3.63, 3.8) is 0 Å². The van der Waals surface area contributed by atoms with Gasteiger partial charge in [-0.15, -0.1) is 0 Å². The summed E-state index contributed by atoms with van der Waals surface area (Å²) in [6, 6.07) is 4.42. The highest BCUT2D eigenvalue weighted by atomic mass is 19.1. The van der Waals surface area contributed by atoms with Crippen LogP contribution in [0.15, 0.2) is 18.2 Å². The van der Waals surface area contributed by atoms with Crippen LogP contribution in [0.3, 0.4) is 0 Å². The van der Waals surface area contributed by atoms with E-state index in [1.165, 1.54) is 12.1 Å². The predicted molar refractivity (Wildman–Crippen MR) is 121 cm³/mol. The van der Waals surface area contributed by atoms with Gasteiger partial charge in [0, 0.05) is 36.6 Å². The molecular weight excluding hydrogens is 395 g/mol. The second-order valence-corrected chi connectivity index (χ2v) is 8.27. The Kier molecular flexibility index (Phi) is 6.84. The van der Waals surface area contributed by atoms with Crippen molar-refractivity contribution in [1.82, 2.24) is 15.2 Å². The zero-order valence-electron chi connectivity index (χ0n) is 19.1. The molecule has 0 aliphatic carbocycles. The number of aromatic amines is 1. The first-order chi connectivity index (χ1) is 14.8. The number of halogens is 1. The Hall–Kier alpha value is -2.67. The van der Waals surface area contributed by atoms with E-state index in [0.717, 1.165) is 36.6 Å². The Labute approximate surface area is 183 Å². The van der Waals surface area contributed by atoms with Gasteiger partial charge in [-0.25, -0.2) is 4.39 Å². The Morgan fingerprint density at radius 1 is 1.19 bits per heavy atom. The molecule has 0 bridgehead atoms. The summed E-state index contributed by atoms with van der Waals surface area (Å²) in [6.45, 7) is 13.2. The number of rotatable bonds is 9. The lowest BCUT2D eigenvalue weighted by Gasteiger charge is -2.26. The van der Waals surface area contributed by atoms with E-state index in [9.17, 15) is 14.0 Å². The Balaban J connectivity index is 1.85. The fraction of sp³-hybridized carbons (Fsp3) is 0.500. The topological polar surface area (TPSA) is 77.2 Å². The summed E-state index contributed by atoms with van der Waals surface area (Å²) in [5, 5.41) is 5.91. The average molecular weight is 429 g/mol. The molecule has 1 aromatic carbocycles. The maximum atomic E-state index is 14.0. The van der Waals surface area contributed by atoms with Gasteiger partial charge in [-0.05, 0) is 62.7 Å². The van der Waals surface area contributed by atoms with Crippen molar-refractivity contribution >= 4 is 17.5 Å². The molecule has 6 nitrogen and oxygen atoms in total. The second kappa shape index (κ2) is 9.22. The number of carbonyl (C=O) groups excluding carboxylic acids is 2. The van der Waals surface area contributed by atoms with Crippen molar-refractivity contribution in [2.75, 3.05) is 31.5 Å².